The SMILES string of the molecule is Cc1cccc(-c2c(-c3ccncc3)[nH]c3cccnc23)c1. The molecule has 0 fully saturated rings. The van der Waals surface area contributed by atoms with E-state index >= 15 is 0 Å². The molecule has 0 saturated heterocycles. The van der Waals surface area contributed by atoms with E-state index in [1.54, 1.807) is 0 Å². The maximum Gasteiger partial charge on any atom is 0.0963 e. The van der Waals surface area contributed by atoms with Crippen molar-refractivity contribution in [1.82, 2.24) is 15.0 Å². The molecule has 3 heterocycles. The van der Waals surface area contributed by atoms with Gasteiger partial charge >= 0.3 is 0 Å². The maximum atomic E-state index is 4.59. The van der Waals surface area contributed by atoms with Crippen molar-refractivity contribution < 1.29 is 0 Å². The normalized spacial score (nSPS) is 11.0. The van der Waals surface area contributed by atoms with Gasteiger partial charge in [0.15, 0.2) is 0 Å². The van der Waals surface area contributed by atoms with Gasteiger partial charge in [-0.05, 0) is 36.8 Å². The molecule has 4 aromatic rings. The van der Waals surface area contributed by atoms with Gasteiger partial charge < -0.3 is 4.98 Å². The van der Waals surface area contributed by atoms with Crippen LogP contribution in [0.25, 0.3) is 33.4 Å². The van der Waals surface area contributed by atoms with Crippen molar-refractivity contribution >= 4 is 11.0 Å². The number of nitrogens with zero attached hydrogens (tertiary/aromatic N) is 2. The largest absolute Gasteiger partial charge is 0.353 e. The Hall–Kier alpha value is -2.94. The number of nitrogens with one attached hydrogen (secondary N) is 1. The van der Waals surface area contributed by atoms with E-state index in [9.17, 15) is 0 Å². The Labute approximate surface area is 128 Å². The summed E-state index contributed by atoms with van der Waals surface area (Å²) >= 11 is 0. The number of aromatic amines is 1. The zero-order valence-electron chi connectivity index (χ0n) is 12.2. The Morgan fingerprint density at radius 3 is 2.55 bits per heavy atom. The third-order valence-corrected chi connectivity index (χ3v) is 3.83. The summed E-state index contributed by atoms with van der Waals surface area (Å²) in [7, 11) is 0. The van der Waals surface area contributed by atoms with Crippen LogP contribution in [0.3, 0.4) is 0 Å². The summed E-state index contributed by atoms with van der Waals surface area (Å²) in [6.07, 6.45) is 5.47. The van der Waals surface area contributed by atoms with Gasteiger partial charge in [0, 0.05) is 29.7 Å². The lowest BCUT2D eigenvalue weighted by atomic mass is 9.99. The van der Waals surface area contributed by atoms with Crippen LogP contribution in [0.1, 0.15) is 5.56 Å². The van der Waals surface area contributed by atoms with Crippen molar-refractivity contribution in [2.45, 2.75) is 6.92 Å². The minimum Gasteiger partial charge on any atom is -0.353 e. The molecule has 1 N–H and O–H groups in total. The number of pyridine rings is 2. The Kier molecular flexibility index (Phi) is 2.97. The molecule has 0 atom stereocenters. The van der Waals surface area contributed by atoms with Crippen LogP contribution in [-0.4, -0.2) is 15.0 Å². The number of aromatic nitrogens is 3. The first-order valence-corrected chi connectivity index (χ1v) is 7.27. The quantitative estimate of drug-likeness (QED) is 0.584. The zero-order valence-corrected chi connectivity index (χ0v) is 12.2. The number of benzene rings is 1. The van der Waals surface area contributed by atoms with Crippen LogP contribution in [-0.2, 0) is 0 Å². The molecule has 0 saturated carbocycles. The van der Waals surface area contributed by atoms with E-state index in [4.69, 9.17) is 0 Å². The van der Waals surface area contributed by atoms with Gasteiger partial charge in [-0.25, -0.2) is 0 Å². The molecule has 3 nitrogen and oxygen atoms in total. The summed E-state index contributed by atoms with van der Waals surface area (Å²) in [6, 6.07) is 16.6. The fourth-order valence-electron chi connectivity index (χ4n) is 2.84. The van der Waals surface area contributed by atoms with E-state index in [2.05, 4.69) is 52.2 Å². The van der Waals surface area contributed by atoms with Crippen LogP contribution in [0.2, 0.25) is 0 Å². The van der Waals surface area contributed by atoms with Gasteiger partial charge in [0.1, 0.15) is 0 Å². The molecule has 1 aromatic carbocycles. The fraction of sp³-hybridized carbons (Fsp3) is 0.0526. The topological polar surface area (TPSA) is 41.6 Å². The highest BCUT2D eigenvalue weighted by atomic mass is 14.8. The first-order valence-electron chi connectivity index (χ1n) is 7.27. The summed E-state index contributed by atoms with van der Waals surface area (Å²) in [5.41, 5.74) is 7.81. The minimum absolute atomic E-state index is 1.000. The predicted molar refractivity (Wildman–Crippen MR) is 89.5 cm³/mol. The van der Waals surface area contributed by atoms with Crippen LogP contribution in [0, 0.1) is 6.92 Å². The lowest BCUT2D eigenvalue weighted by Crippen LogP contribution is -1.85. The Balaban J connectivity index is 2.07. The molecule has 3 heteroatoms. The molecular formula is C19H15N3. The van der Waals surface area contributed by atoms with Gasteiger partial charge in [0.2, 0.25) is 0 Å². The van der Waals surface area contributed by atoms with Crippen molar-refractivity contribution in [3.8, 4) is 22.4 Å². The highest BCUT2D eigenvalue weighted by Crippen LogP contribution is 2.37. The van der Waals surface area contributed by atoms with E-state index in [0.717, 1.165) is 27.9 Å². The van der Waals surface area contributed by atoms with E-state index in [-0.39, 0.29) is 0 Å². The number of aryl methyl sites for hydroxylation is 1. The Morgan fingerprint density at radius 2 is 1.73 bits per heavy atom. The lowest BCUT2D eigenvalue weighted by molar-refractivity contribution is 1.32. The van der Waals surface area contributed by atoms with Crippen molar-refractivity contribution in [3.05, 3.63) is 72.7 Å². The summed E-state index contributed by atoms with van der Waals surface area (Å²) in [5, 5.41) is 0. The molecule has 0 aliphatic rings. The number of rotatable bonds is 2. The smallest absolute Gasteiger partial charge is 0.0963 e. The molecular weight excluding hydrogens is 270 g/mol. The molecule has 0 aliphatic carbocycles. The lowest BCUT2D eigenvalue weighted by Gasteiger charge is -2.06. The third kappa shape index (κ3) is 2.07. The van der Waals surface area contributed by atoms with Gasteiger partial charge in [-0.2, -0.15) is 0 Å². The van der Waals surface area contributed by atoms with Crippen LogP contribution in [0.15, 0.2) is 67.1 Å². The maximum absolute atomic E-state index is 4.59. The average Bonchev–Trinajstić information content (AvgIpc) is 2.95. The van der Waals surface area contributed by atoms with Gasteiger partial charge in [-0.1, -0.05) is 29.8 Å². The molecule has 4 rings (SSSR count). The Bertz CT molecular complexity index is 939. The van der Waals surface area contributed by atoms with Crippen molar-refractivity contribution in [2.75, 3.05) is 0 Å². The standard InChI is InChI=1S/C19H15N3/c1-13-4-2-5-15(12-13)17-18(14-7-10-20-11-8-14)22-16-6-3-9-21-19(16)17/h2-12,22H,1H3. The molecule has 0 bridgehead atoms. The molecule has 22 heavy (non-hydrogen) atoms. The fourth-order valence-corrected chi connectivity index (χ4v) is 2.84. The third-order valence-electron chi connectivity index (χ3n) is 3.83. The van der Waals surface area contributed by atoms with Gasteiger partial charge in [0.05, 0.1) is 16.7 Å². The van der Waals surface area contributed by atoms with Crippen LogP contribution in [0.5, 0.6) is 0 Å². The first-order chi connectivity index (χ1) is 10.8. The van der Waals surface area contributed by atoms with E-state index in [1.165, 1.54) is 11.1 Å². The van der Waals surface area contributed by atoms with Crippen LogP contribution < -0.4 is 0 Å². The number of hydrogen-bond acceptors (Lipinski definition) is 2. The summed E-state index contributed by atoms with van der Waals surface area (Å²) in [5.74, 6) is 0. The summed E-state index contributed by atoms with van der Waals surface area (Å²) < 4.78 is 0. The highest BCUT2D eigenvalue weighted by Gasteiger charge is 2.15. The minimum atomic E-state index is 1.000. The van der Waals surface area contributed by atoms with Crippen molar-refractivity contribution in [3.63, 3.8) is 0 Å². The van der Waals surface area contributed by atoms with Crippen molar-refractivity contribution in [1.29, 1.82) is 0 Å². The van der Waals surface area contributed by atoms with E-state index in [0.29, 0.717) is 0 Å². The summed E-state index contributed by atoms with van der Waals surface area (Å²) in [6.45, 7) is 2.11. The van der Waals surface area contributed by atoms with Gasteiger partial charge in [-0.3, -0.25) is 9.97 Å². The second-order valence-electron chi connectivity index (χ2n) is 5.38. The monoisotopic (exact) mass is 285 g/mol. The molecule has 0 amide bonds. The predicted octanol–water partition coefficient (Wildman–Crippen LogP) is 4.60. The summed E-state index contributed by atoms with van der Waals surface area (Å²) in [4.78, 5) is 12.2. The number of hydrogen-bond donors (Lipinski definition) is 1. The molecule has 0 aliphatic heterocycles. The average molecular weight is 285 g/mol. The molecule has 3 aromatic heterocycles. The molecule has 106 valence electrons. The second-order valence-corrected chi connectivity index (χ2v) is 5.38. The Morgan fingerprint density at radius 1 is 0.864 bits per heavy atom. The highest BCUT2D eigenvalue weighted by molar-refractivity contribution is 6.01. The molecule has 0 unspecified atom stereocenters. The number of H-pyrrole nitrogens is 1. The van der Waals surface area contributed by atoms with E-state index < -0.39 is 0 Å². The number of fused-ring (bicyclic) bond motifs is 1. The zero-order chi connectivity index (χ0) is 14.9. The van der Waals surface area contributed by atoms with Crippen molar-refractivity contribution in [2.24, 2.45) is 0 Å². The van der Waals surface area contributed by atoms with Crippen LogP contribution in [0.4, 0.5) is 0 Å². The molecule has 0 spiro atoms. The van der Waals surface area contributed by atoms with Crippen LogP contribution >= 0.6 is 0 Å². The van der Waals surface area contributed by atoms with Gasteiger partial charge in [-0.15, -0.1) is 0 Å². The van der Waals surface area contributed by atoms with E-state index in [1.807, 2.05) is 36.8 Å². The second kappa shape index (κ2) is 5.11. The first kappa shape index (κ1) is 12.8. The molecule has 0 radical (unpaired) electrons. The van der Waals surface area contributed by atoms with Gasteiger partial charge in [0.25, 0.3) is 0 Å².